The minimum atomic E-state index is -0.425. The van der Waals surface area contributed by atoms with Gasteiger partial charge in [0.25, 0.3) is 0 Å². The van der Waals surface area contributed by atoms with Gasteiger partial charge in [-0.1, -0.05) is 0 Å². The first-order chi connectivity index (χ1) is 9.55. The summed E-state index contributed by atoms with van der Waals surface area (Å²) in [4.78, 5) is 17.7. The number of ether oxygens (including phenoxy) is 1. The predicted octanol–water partition coefficient (Wildman–Crippen LogP) is 1.50. The topological polar surface area (TPSA) is 78.2 Å². The lowest BCUT2D eigenvalue weighted by Crippen LogP contribution is -2.37. The number of nitrogens with one attached hydrogen (secondary N) is 1. The van der Waals surface area contributed by atoms with Crippen molar-refractivity contribution in [2.45, 2.75) is 26.3 Å². The quantitative estimate of drug-likeness (QED) is 0.884. The third-order valence-electron chi connectivity index (χ3n) is 3.43. The highest BCUT2D eigenvalue weighted by Gasteiger charge is 2.27. The summed E-state index contributed by atoms with van der Waals surface area (Å²) in [6.45, 7) is 5.23. The van der Waals surface area contributed by atoms with Crippen LogP contribution in [0.1, 0.15) is 23.2 Å². The first kappa shape index (κ1) is 14.1. The van der Waals surface area contributed by atoms with Crippen molar-refractivity contribution >= 4 is 11.9 Å². The number of carbonyl (C=O) groups is 1. The molecule has 1 atom stereocenters. The van der Waals surface area contributed by atoms with Crippen molar-refractivity contribution in [2.24, 2.45) is 0 Å². The van der Waals surface area contributed by atoms with Crippen molar-refractivity contribution in [2.75, 3.05) is 25.1 Å². The molecule has 20 heavy (non-hydrogen) atoms. The summed E-state index contributed by atoms with van der Waals surface area (Å²) in [7, 11) is 1.35. The largest absolute Gasteiger partial charge is 0.453 e. The van der Waals surface area contributed by atoms with Crippen molar-refractivity contribution in [1.29, 1.82) is 5.26 Å². The van der Waals surface area contributed by atoms with Gasteiger partial charge in [0.15, 0.2) is 0 Å². The van der Waals surface area contributed by atoms with Crippen molar-refractivity contribution in [1.82, 2.24) is 10.3 Å². The van der Waals surface area contributed by atoms with E-state index in [9.17, 15) is 10.1 Å². The Labute approximate surface area is 118 Å². The average Bonchev–Trinajstić information content (AvgIpc) is 2.86. The van der Waals surface area contributed by atoms with E-state index in [4.69, 9.17) is 0 Å². The van der Waals surface area contributed by atoms with E-state index >= 15 is 0 Å². The summed E-state index contributed by atoms with van der Waals surface area (Å²) >= 11 is 0. The normalized spacial score (nSPS) is 17.7. The van der Waals surface area contributed by atoms with Gasteiger partial charge < -0.3 is 15.0 Å². The molecule has 2 rings (SSSR count). The molecule has 0 spiro atoms. The SMILES string of the molecule is COC(=O)NC1CCN(c2nc(C)cc(C)c2C#N)C1. The molecule has 1 aromatic rings. The Bertz CT molecular complexity index is 565. The molecule has 1 saturated heterocycles. The molecule has 106 valence electrons. The van der Waals surface area contributed by atoms with E-state index in [0.29, 0.717) is 17.9 Å². The Morgan fingerprint density at radius 2 is 2.35 bits per heavy atom. The highest BCUT2D eigenvalue weighted by molar-refractivity contribution is 5.68. The number of amides is 1. The number of carbonyl (C=O) groups excluding carboxylic acids is 1. The maximum atomic E-state index is 11.2. The van der Waals surface area contributed by atoms with E-state index in [0.717, 1.165) is 24.2 Å². The molecular weight excluding hydrogens is 256 g/mol. The summed E-state index contributed by atoms with van der Waals surface area (Å²) in [5.74, 6) is 0.708. The number of aryl methyl sites for hydroxylation is 2. The third-order valence-corrected chi connectivity index (χ3v) is 3.43. The first-order valence-electron chi connectivity index (χ1n) is 6.53. The van der Waals surface area contributed by atoms with Gasteiger partial charge in [0, 0.05) is 18.8 Å². The lowest BCUT2D eigenvalue weighted by atomic mass is 10.1. The smallest absolute Gasteiger partial charge is 0.407 e. The molecular formula is C14H18N4O2. The average molecular weight is 274 g/mol. The molecule has 1 unspecified atom stereocenters. The Morgan fingerprint density at radius 1 is 1.60 bits per heavy atom. The van der Waals surface area contributed by atoms with E-state index in [1.54, 1.807) is 0 Å². The summed E-state index contributed by atoms with van der Waals surface area (Å²) in [5.41, 5.74) is 2.43. The lowest BCUT2D eigenvalue weighted by molar-refractivity contribution is 0.167. The fraction of sp³-hybridized carbons (Fsp3) is 0.500. The van der Waals surface area contributed by atoms with Gasteiger partial charge in [-0.05, 0) is 31.9 Å². The van der Waals surface area contributed by atoms with Gasteiger partial charge in [-0.2, -0.15) is 5.26 Å². The molecule has 1 N–H and O–H groups in total. The van der Waals surface area contributed by atoms with Crippen LogP contribution < -0.4 is 10.2 Å². The van der Waals surface area contributed by atoms with Crippen LogP contribution in [0.15, 0.2) is 6.07 Å². The van der Waals surface area contributed by atoms with Gasteiger partial charge in [0.05, 0.1) is 18.7 Å². The molecule has 1 aliphatic heterocycles. The third kappa shape index (κ3) is 2.82. The number of alkyl carbamates (subject to hydrolysis) is 1. The van der Waals surface area contributed by atoms with Crippen LogP contribution in [0.4, 0.5) is 10.6 Å². The number of pyridine rings is 1. The zero-order valence-corrected chi connectivity index (χ0v) is 11.9. The molecule has 0 aromatic carbocycles. The van der Waals surface area contributed by atoms with Crippen LogP contribution in [-0.4, -0.2) is 37.3 Å². The number of nitrogens with zero attached hydrogens (tertiary/aromatic N) is 3. The van der Waals surface area contributed by atoms with Crippen molar-refractivity contribution < 1.29 is 9.53 Å². The van der Waals surface area contributed by atoms with Crippen LogP contribution in [0.3, 0.4) is 0 Å². The number of anilines is 1. The Hall–Kier alpha value is -2.29. The molecule has 0 bridgehead atoms. The fourth-order valence-corrected chi connectivity index (χ4v) is 2.48. The number of hydrogen-bond donors (Lipinski definition) is 1. The molecule has 0 radical (unpaired) electrons. The van der Waals surface area contributed by atoms with Gasteiger partial charge in [0.2, 0.25) is 0 Å². The van der Waals surface area contributed by atoms with Gasteiger partial charge in [-0.3, -0.25) is 0 Å². The Balaban J connectivity index is 2.18. The zero-order valence-electron chi connectivity index (χ0n) is 11.9. The van der Waals surface area contributed by atoms with Crippen LogP contribution in [0.25, 0.3) is 0 Å². The van der Waals surface area contributed by atoms with Gasteiger partial charge in [-0.25, -0.2) is 9.78 Å². The van der Waals surface area contributed by atoms with Gasteiger partial charge >= 0.3 is 6.09 Å². The van der Waals surface area contributed by atoms with Crippen molar-refractivity contribution in [3.8, 4) is 6.07 Å². The molecule has 0 aliphatic carbocycles. The van der Waals surface area contributed by atoms with Crippen LogP contribution >= 0.6 is 0 Å². The number of methoxy groups -OCH3 is 1. The molecule has 1 aromatic heterocycles. The second kappa shape index (κ2) is 5.78. The van der Waals surface area contributed by atoms with E-state index in [1.165, 1.54) is 7.11 Å². The van der Waals surface area contributed by atoms with Crippen molar-refractivity contribution in [3.63, 3.8) is 0 Å². The molecule has 1 aliphatic rings. The van der Waals surface area contributed by atoms with E-state index < -0.39 is 6.09 Å². The molecule has 2 heterocycles. The van der Waals surface area contributed by atoms with Crippen molar-refractivity contribution in [3.05, 3.63) is 22.9 Å². The highest BCUT2D eigenvalue weighted by Crippen LogP contribution is 2.25. The summed E-state index contributed by atoms with van der Waals surface area (Å²) in [6.07, 6.45) is 0.389. The Kier molecular flexibility index (Phi) is 4.08. The van der Waals surface area contributed by atoms with Gasteiger partial charge in [0.1, 0.15) is 11.9 Å². The summed E-state index contributed by atoms with van der Waals surface area (Å²) in [5, 5.41) is 12.1. The first-order valence-corrected chi connectivity index (χ1v) is 6.53. The number of nitriles is 1. The molecule has 1 amide bonds. The fourth-order valence-electron chi connectivity index (χ4n) is 2.48. The summed E-state index contributed by atoms with van der Waals surface area (Å²) < 4.78 is 4.60. The Morgan fingerprint density at radius 3 is 3.00 bits per heavy atom. The monoisotopic (exact) mass is 274 g/mol. The van der Waals surface area contributed by atoms with Gasteiger partial charge in [-0.15, -0.1) is 0 Å². The van der Waals surface area contributed by atoms with Crippen LogP contribution in [-0.2, 0) is 4.74 Å². The summed E-state index contributed by atoms with van der Waals surface area (Å²) in [6, 6.07) is 4.15. The number of hydrogen-bond acceptors (Lipinski definition) is 5. The predicted molar refractivity (Wildman–Crippen MR) is 74.6 cm³/mol. The molecule has 0 saturated carbocycles. The van der Waals surface area contributed by atoms with E-state index in [2.05, 4.69) is 21.1 Å². The lowest BCUT2D eigenvalue weighted by Gasteiger charge is -2.20. The number of rotatable bonds is 2. The highest BCUT2D eigenvalue weighted by atomic mass is 16.5. The second-order valence-corrected chi connectivity index (χ2v) is 4.96. The molecule has 6 heteroatoms. The minimum Gasteiger partial charge on any atom is -0.453 e. The molecule has 1 fully saturated rings. The maximum Gasteiger partial charge on any atom is 0.407 e. The van der Waals surface area contributed by atoms with Crippen LogP contribution in [0.5, 0.6) is 0 Å². The van der Waals surface area contributed by atoms with Crippen LogP contribution in [0.2, 0.25) is 0 Å². The molecule has 6 nitrogen and oxygen atoms in total. The minimum absolute atomic E-state index is 0.0246. The zero-order chi connectivity index (χ0) is 14.7. The second-order valence-electron chi connectivity index (χ2n) is 4.96. The maximum absolute atomic E-state index is 11.2. The van der Waals surface area contributed by atoms with E-state index in [-0.39, 0.29) is 6.04 Å². The van der Waals surface area contributed by atoms with Crippen LogP contribution in [0, 0.1) is 25.2 Å². The number of aromatic nitrogens is 1. The van der Waals surface area contributed by atoms with E-state index in [1.807, 2.05) is 24.8 Å². The standard InChI is InChI=1S/C14H18N4O2/c1-9-6-10(2)16-13(12(9)7-15)18-5-4-11(8-18)17-14(19)20-3/h6,11H,4-5,8H2,1-3H3,(H,17,19).